The van der Waals surface area contributed by atoms with Crippen molar-refractivity contribution in [3.8, 4) is 6.07 Å². The van der Waals surface area contributed by atoms with Crippen LogP contribution in [0.15, 0.2) is 23.3 Å². The average molecular weight is 247 g/mol. The zero-order chi connectivity index (χ0) is 13.6. The van der Waals surface area contributed by atoms with Crippen LogP contribution < -0.4 is 0 Å². The average Bonchev–Trinajstić information content (AvgIpc) is 2.32. The molecular formula is C15H21NO2. The van der Waals surface area contributed by atoms with Gasteiger partial charge < -0.3 is 4.74 Å². The van der Waals surface area contributed by atoms with Crippen molar-refractivity contribution in [1.29, 1.82) is 5.26 Å². The summed E-state index contributed by atoms with van der Waals surface area (Å²) in [4.78, 5) is 11.2. The van der Waals surface area contributed by atoms with Gasteiger partial charge in [0.25, 0.3) is 0 Å². The predicted octanol–water partition coefficient (Wildman–Crippen LogP) is 3.53. The summed E-state index contributed by atoms with van der Waals surface area (Å²) in [6, 6.07) is 2.37. The smallest absolute Gasteiger partial charge is 0.305 e. The molecule has 18 heavy (non-hydrogen) atoms. The van der Waals surface area contributed by atoms with Gasteiger partial charge >= 0.3 is 5.97 Å². The number of ether oxygens (including phenoxy) is 1. The van der Waals surface area contributed by atoms with Crippen molar-refractivity contribution in [3.05, 3.63) is 23.3 Å². The zero-order valence-electron chi connectivity index (χ0n) is 11.5. The van der Waals surface area contributed by atoms with E-state index in [0.717, 1.165) is 18.4 Å². The molecule has 0 N–H and O–H groups in total. The Morgan fingerprint density at radius 2 is 2.28 bits per heavy atom. The third kappa shape index (κ3) is 3.73. The molecule has 0 saturated carbocycles. The largest absolute Gasteiger partial charge is 0.465 e. The van der Waals surface area contributed by atoms with Gasteiger partial charge in [-0.15, -0.1) is 0 Å². The van der Waals surface area contributed by atoms with Gasteiger partial charge in [-0.1, -0.05) is 24.6 Å². The molecule has 0 radical (unpaired) electrons. The molecule has 0 fully saturated rings. The number of carbonyl (C=O) groups is 1. The number of nitrogens with zero attached hydrogens (tertiary/aromatic N) is 1. The highest BCUT2D eigenvalue weighted by Gasteiger charge is 2.30. The lowest BCUT2D eigenvalue weighted by atomic mass is 9.74. The summed E-state index contributed by atoms with van der Waals surface area (Å²) in [5, 5.41) is 9.31. The molecule has 1 rings (SSSR count). The quantitative estimate of drug-likeness (QED) is 0.698. The molecule has 0 spiro atoms. The van der Waals surface area contributed by atoms with Crippen LogP contribution in [-0.4, -0.2) is 12.6 Å². The Hall–Kier alpha value is -1.56. The van der Waals surface area contributed by atoms with Crippen molar-refractivity contribution in [2.45, 2.75) is 46.5 Å². The highest BCUT2D eigenvalue weighted by molar-refractivity contribution is 5.69. The van der Waals surface area contributed by atoms with E-state index in [1.54, 1.807) is 0 Å². The van der Waals surface area contributed by atoms with Crippen LogP contribution in [-0.2, 0) is 9.53 Å². The molecule has 0 aromatic heterocycles. The van der Waals surface area contributed by atoms with Gasteiger partial charge in [0.15, 0.2) is 0 Å². The van der Waals surface area contributed by atoms with E-state index in [4.69, 9.17) is 4.74 Å². The van der Waals surface area contributed by atoms with Crippen LogP contribution in [0.4, 0.5) is 0 Å². The second-order valence-electron chi connectivity index (χ2n) is 5.05. The fraction of sp³-hybridized carbons (Fsp3) is 0.600. The molecule has 1 aliphatic carbocycles. The van der Waals surface area contributed by atoms with Crippen LogP contribution in [0.2, 0.25) is 0 Å². The molecule has 98 valence electrons. The van der Waals surface area contributed by atoms with Crippen LogP contribution in [0.1, 0.15) is 46.5 Å². The van der Waals surface area contributed by atoms with E-state index in [1.165, 1.54) is 5.57 Å². The number of allylic oxidation sites excluding steroid dienone is 3. The summed E-state index contributed by atoms with van der Waals surface area (Å²) in [6.45, 7) is 6.30. The first-order valence-electron chi connectivity index (χ1n) is 6.45. The summed E-state index contributed by atoms with van der Waals surface area (Å²) in [6.07, 6.45) is 6.71. The molecule has 0 aliphatic heterocycles. The van der Waals surface area contributed by atoms with Crippen molar-refractivity contribution in [1.82, 2.24) is 0 Å². The standard InChI is InChI=1S/C15H21NO2/c1-4-5-14(17)18-9-8-13-7-6-12(2)10-15(13,3)11-16/h6-7H,4-5,8-10H2,1-3H3. The highest BCUT2D eigenvalue weighted by atomic mass is 16.5. The van der Waals surface area contributed by atoms with Crippen molar-refractivity contribution in [2.24, 2.45) is 5.41 Å². The van der Waals surface area contributed by atoms with E-state index >= 15 is 0 Å². The Kier molecular flexibility index (Phi) is 5.15. The Bertz CT molecular complexity index is 415. The van der Waals surface area contributed by atoms with E-state index in [0.29, 0.717) is 19.4 Å². The number of hydrogen-bond acceptors (Lipinski definition) is 3. The van der Waals surface area contributed by atoms with Gasteiger partial charge in [0.05, 0.1) is 18.1 Å². The number of hydrogen-bond donors (Lipinski definition) is 0. The molecular weight excluding hydrogens is 226 g/mol. The van der Waals surface area contributed by atoms with Gasteiger partial charge in [0.2, 0.25) is 0 Å². The van der Waals surface area contributed by atoms with Crippen molar-refractivity contribution in [3.63, 3.8) is 0 Å². The first kappa shape index (κ1) is 14.5. The minimum atomic E-state index is -0.448. The summed E-state index contributed by atoms with van der Waals surface area (Å²) in [7, 11) is 0. The number of rotatable bonds is 5. The second kappa shape index (κ2) is 6.39. The van der Waals surface area contributed by atoms with Gasteiger partial charge in [0.1, 0.15) is 0 Å². The summed E-state index contributed by atoms with van der Waals surface area (Å²) >= 11 is 0. The molecule has 0 aromatic carbocycles. The van der Waals surface area contributed by atoms with E-state index < -0.39 is 5.41 Å². The lowest BCUT2D eigenvalue weighted by molar-refractivity contribution is -0.143. The second-order valence-corrected chi connectivity index (χ2v) is 5.05. The fourth-order valence-corrected chi connectivity index (χ4v) is 2.18. The third-order valence-electron chi connectivity index (χ3n) is 3.25. The molecule has 0 bridgehead atoms. The highest BCUT2D eigenvalue weighted by Crippen LogP contribution is 2.38. The van der Waals surface area contributed by atoms with Crippen LogP contribution in [0.25, 0.3) is 0 Å². The van der Waals surface area contributed by atoms with Crippen molar-refractivity contribution < 1.29 is 9.53 Å². The van der Waals surface area contributed by atoms with Crippen LogP contribution in [0, 0.1) is 16.7 Å². The molecule has 3 heteroatoms. The minimum absolute atomic E-state index is 0.153. The first-order chi connectivity index (χ1) is 8.51. The Labute approximate surface area is 109 Å². The van der Waals surface area contributed by atoms with Gasteiger partial charge in [-0.3, -0.25) is 4.79 Å². The van der Waals surface area contributed by atoms with E-state index in [9.17, 15) is 10.1 Å². The maximum atomic E-state index is 11.2. The van der Waals surface area contributed by atoms with Crippen LogP contribution >= 0.6 is 0 Å². The Morgan fingerprint density at radius 1 is 1.56 bits per heavy atom. The molecule has 0 heterocycles. The molecule has 1 unspecified atom stereocenters. The topological polar surface area (TPSA) is 50.1 Å². The van der Waals surface area contributed by atoms with Gasteiger partial charge in [-0.05, 0) is 32.3 Å². The molecule has 1 aliphatic rings. The van der Waals surface area contributed by atoms with Gasteiger partial charge in [-0.2, -0.15) is 5.26 Å². The zero-order valence-corrected chi connectivity index (χ0v) is 11.5. The van der Waals surface area contributed by atoms with Crippen molar-refractivity contribution >= 4 is 5.97 Å². The van der Waals surface area contributed by atoms with E-state index in [-0.39, 0.29) is 5.97 Å². The minimum Gasteiger partial charge on any atom is -0.465 e. The molecule has 3 nitrogen and oxygen atoms in total. The number of carbonyl (C=O) groups excluding carboxylic acids is 1. The van der Waals surface area contributed by atoms with Crippen molar-refractivity contribution in [2.75, 3.05) is 6.61 Å². The monoisotopic (exact) mass is 247 g/mol. The lowest BCUT2D eigenvalue weighted by Crippen LogP contribution is -2.21. The van der Waals surface area contributed by atoms with Gasteiger partial charge in [-0.25, -0.2) is 0 Å². The third-order valence-corrected chi connectivity index (χ3v) is 3.25. The van der Waals surface area contributed by atoms with E-state index in [2.05, 4.69) is 6.07 Å². The normalized spacial score (nSPS) is 22.8. The number of nitriles is 1. The van der Waals surface area contributed by atoms with Gasteiger partial charge in [0, 0.05) is 12.8 Å². The summed E-state index contributed by atoms with van der Waals surface area (Å²) in [5.41, 5.74) is 1.82. The van der Waals surface area contributed by atoms with Crippen LogP contribution in [0.3, 0.4) is 0 Å². The molecule has 0 saturated heterocycles. The summed E-state index contributed by atoms with van der Waals surface area (Å²) < 4.78 is 5.14. The fourth-order valence-electron chi connectivity index (χ4n) is 2.18. The SMILES string of the molecule is CCCC(=O)OCCC1=CC=C(C)CC1(C)C#N. The first-order valence-corrected chi connectivity index (χ1v) is 6.45. The van der Waals surface area contributed by atoms with Crippen LogP contribution in [0.5, 0.6) is 0 Å². The maximum absolute atomic E-state index is 11.2. The molecule has 1 atom stereocenters. The Morgan fingerprint density at radius 3 is 2.89 bits per heavy atom. The lowest BCUT2D eigenvalue weighted by Gasteiger charge is -2.28. The van der Waals surface area contributed by atoms with E-state index in [1.807, 2.05) is 32.9 Å². The Balaban J connectivity index is 2.55. The number of esters is 1. The molecule has 0 aromatic rings. The molecule has 0 amide bonds. The maximum Gasteiger partial charge on any atom is 0.305 e. The predicted molar refractivity (Wildman–Crippen MR) is 70.7 cm³/mol. The summed E-state index contributed by atoms with van der Waals surface area (Å²) in [5.74, 6) is -0.153.